The lowest BCUT2D eigenvalue weighted by molar-refractivity contribution is -0.137. The Labute approximate surface area is 102 Å². The molecule has 0 saturated heterocycles. The maximum Gasteiger partial charge on any atom is 0.303 e. The molecule has 1 rings (SSSR count). The molecule has 0 heterocycles. The second-order valence-corrected chi connectivity index (χ2v) is 4.26. The summed E-state index contributed by atoms with van der Waals surface area (Å²) in [6.45, 7) is 0.634. The van der Waals surface area contributed by atoms with Crippen molar-refractivity contribution in [2.75, 3.05) is 11.9 Å². The third-order valence-electron chi connectivity index (χ3n) is 2.06. The number of carbonyl (C=O) groups is 1. The Bertz CT molecular complexity index is 371. The highest BCUT2D eigenvalue weighted by molar-refractivity contribution is 9.10. The predicted octanol–water partition coefficient (Wildman–Crippen LogP) is 3.26. The molecule has 0 fully saturated rings. The van der Waals surface area contributed by atoms with Gasteiger partial charge in [-0.2, -0.15) is 0 Å². The van der Waals surface area contributed by atoms with Crippen molar-refractivity contribution in [1.29, 1.82) is 0 Å². The highest BCUT2D eigenvalue weighted by Crippen LogP contribution is 2.22. The molecule has 0 radical (unpaired) electrons. The summed E-state index contributed by atoms with van der Waals surface area (Å²) in [7, 11) is 0. The van der Waals surface area contributed by atoms with E-state index in [9.17, 15) is 9.18 Å². The number of anilines is 1. The largest absolute Gasteiger partial charge is 0.481 e. The molecule has 0 unspecified atom stereocenters. The van der Waals surface area contributed by atoms with Crippen LogP contribution in [0.1, 0.15) is 19.3 Å². The van der Waals surface area contributed by atoms with Gasteiger partial charge >= 0.3 is 5.97 Å². The van der Waals surface area contributed by atoms with E-state index in [-0.39, 0.29) is 12.2 Å². The lowest BCUT2D eigenvalue weighted by Gasteiger charge is -2.07. The van der Waals surface area contributed by atoms with Gasteiger partial charge in [0.25, 0.3) is 0 Å². The first-order valence-corrected chi connectivity index (χ1v) is 5.79. The SMILES string of the molecule is O=C(O)CCCCNc1cc(F)ccc1Br. The fourth-order valence-corrected chi connectivity index (χ4v) is 1.64. The van der Waals surface area contributed by atoms with Crippen molar-refractivity contribution in [3.63, 3.8) is 0 Å². The Kier molecular flexibility index (Phi) is 5.25. The molecule has 0 aliphatic carbocycles. The molecule has 0 aromatic heterocycles. The summed E-state index contributed by atoms with van der Waals surface area (Å²) in [4.78, 5) is 10.3. The molecule has 5 heteroatoms. The van der Waals surface area contributed by atoms with Gasteiger partial charge < -0.3 is 10.4 Å². The van der Waals surface area contributed by atoms with E-state index in [1.54, 1.807) is 6.07 Å². The van der Waals surface area contributed by atoms with E-state index >= 15 is 0 Å². The molecule has 0 atom stereocenters. The van der Waals surface area contributed by atoms with Gasteiger partial charge in [-0.25, -0.2) is 4.39 Å². The topological polar surface area (TPSA) is 49.3 Å². The molecule has 0 aliphatic rings. The van der Waals surface area contributed by atoms with Crippen molar-refractivity contribution in [3.8, 4) is 0 Å². The van der Waals surface area contributed by atoms with Gasteiger partial charge in [0.05, 0.1) is 5.69 Å². The van der Waals surface area contributed by atoms with E-state index < -0.39 is 5.97 Å². The maximum absolute atomic E-state index is 12.9. The quantitative estimate of drug-likeness (QED) is 0.791. The first-order valence-electron chi connectivity index (χ1n) is 5.00. The van der Waals surface area contributed by atoms with Crippen molar-refractivity contribution in [2.24, 2.45) is 0 Å². The molecule has 1 aromatic rings. The molecule has 16 heavy (non-hydrogen) atoms. The van der Waals surface area contributed by atoms with Gasteiger partial charge in [0.15, 0.2) is 0 Å². The molecule has 0 spiro atoms. The highest BCUT2D eigenvalue weighted by atomic mass is 79.9. The van der Waals surface area contributed by atoms with Gasteiger partial charge in [-0.3, -0.25) is 4.79 Å². The number of nitrogens with one attached hydrogen (secondary N) is 1. The van der Waals surface area contributed by atoms with Crippen LogP contribution in [-0.4, -0.2) is 17.6 Å². The van der Waals surface area contributed by atoms with Crippen molar-refractivity contribution in [3.05, 3.63) is 28.5 Å². The average molecular weight is 290 g/mol. The zero-order chi connectivity index (χ0) is 12.0. The third-order valence-corrected chi connectivity index (χ3v) is 2.75. The van der Waals surface area contributed by atoms with Crippen molar-refractivity contribution < 1.29 is 14.3 Å². The van der Waals surface area contributed by atoms with Crippen molar-refractivity contribution >= 4 is 27.6 Å². The summed E-state index contributed by atoms with van der Waals surface area (Å²) in [6, 6.07) is 4.41. The molecule has 2 N–H and O–H groups in total. The van der Waals surface area contributed by atoms with Gasteiger partial charge in [-0.05, 0) is 47.0 Å². The smallest absolute Gasteiger partial charge is 0.303 e. The molecule has 3 nitrogen and oxygen atoms in total. The maximum atomic E-state index is 12.9. The van der Waals surface area contributed by atoms with Crippen LogP contribution in [-0.2, 0) is 4.79 Å². The predicted molar refractivity (Wildman–Crippen MR) is 64.1 cm³/mol. The Hall–Kier alpha value is -1.10. The summed E-state index contributed by atoms with van der Waals surface area (Å²) in [5.74, 6) is -1.08. The first-order chi connectivity index (χ1) is 7.59. The molecule has 1 aromatic carbocycles. The number of hydrogen-bond donors (Lipinski definition) is 2. The number of benzene rings is 1. The third kappa shape index (κ3) is 4.61. The lowest BCUT2D eigenvalue weighted by Crippen LogP contribution is -2.04. The molecule has 0 bridgehead atoms. The zero-order valence-corrected chi connectivity index (χ0v) is 10.3. The number of carboxylic acids is 1. The minimum absolute atomic E-state index is 0.173. The van der Waals surface area contributed by atoms with Crippen LogP contribution in [0.2, 0.25) is 0 Å². The number of carboxylic acid groups (broad SMARTS) is 1. The van der Waals surface area contributed by atoms with Crippen LogP contribution in [0.5, 0.6) is 0 Å². The summed E-state index contributed by atoms with van der Waals surface area (Å²) < 4.78 is 13.7. The second kappa shape index (κ2) is 6.48. The van der Waals surface area contributed by atoms with Crippen molar-refractivity contribution in [2.45, 2.75) is 19.3 Å². The van der Waals surface area contributed by atoms with Gasteiger partial charge in [0.1, 0.15) is 5.82 Å². The summed E-state index contributed by atoms with van der Waals surface area (Å²) in [6.07, 6.45) is 1.54. The van der Waals surface area contributed by atoms with Crippen LogP contribution in [0.3, 0.4) is 0 Å². The van der Waals surface area contributed by atoms with Crippen LogP contribution >= 0.6 is 15.9 Å². The Morgan fingerprint density at radius 2 is 2.19 bits per heavy atom. The minimum Gasteiger partial charge on any atom is -0.481 e. The van der Waals surface area contributed by atoms with E-state index in [4.69, 9.17) is 5.11 Å². The molecule has 88 valence electrons. The summed E-state index contributed by atoms with van der Waals surface area (Å²) >= 11 is 3.30. The zero-order valence-electron chi connectivity index (χ0n) is 8.67. The van der Waals surface area contributed by atoms with E-state index in [1.165, 1.54) is 12.1 Å². The van der Waals surface area contributed by atoms with E-state index in [0.717, 1.165) is 10.9 Å². The second-order valence-electron chi connectivity index (χ2n) is 3.40. The van der Waals surface area contributed by atoms with Gasteiger partial charge in [-0.1, -0.05) is 0 Å². The minimum atomic E-state index is -0.785. The van der Waals surface area contributed by atoms with E-state index in [0.29, 0.717) is 18.7 Å². The summed E-state index contributed by atoms with van der Waals surface area (Å²) in [5.41, 5.74) is 0.690. The average Bonchev–Trinajstić information content (AvgIpc) is 2.22. The summed E-state index contributed by atoms with van der Waals surface area (Å²) in [5, 5.41) is 11.5. The Morgan fingerprint density at radius 3 is 2.88 bits per heavy atom. The monoisotopic (exact) mass is 289 g/mol. The van der Waals surface area contributed by atoms with E-state index in [1.807, 2.05) is 0 Å². The number of aliphatic carboxylic acids is 1. The Balaban J connectivity index is 2.31. The molecular formula is C11H13BrFNO2. The molecular weight excluding hydrogens is 277 g/mol. The van der Waals surface area contributed by atoms with Crippen LogP contribution in [0.4, 0.5) is 10.1 Å². The number of unbranched alkanes of at least 4 members (excludes halogenated alkanes) is 1. The molecule has 0 saturated carbocycles. The molecule has 0 aliphatic heterocycles. The standard InChI is InChI=1S/C11H13BrFNO2/c12-9-5-4-8(13)7-10(9)14-6-2-1-3-11(15)16/h4-5,7,14H,1-3,6H2,(H,15,16). The van der Waals surface area contributed by atoms with Crippen LogP contribution < -0.4 is 5.32 Å². The van der Waals surface area contributed by atoms with E-state index in [2.05, 4.69) is 21.2 Å². The number of halogens is 2. The van der Waals surface area contributed by atoms with Crippen LogP contribution in [0, 0.1) is 5.82 Å². The fourth-order valence-electron chi connectivity index (χ4n) is 1.26. The van der Waals surface area contributed by atoms with Crippen molar-refractivity contribution in [1.82, 2.24) is 0 Å². The van der Waals surface area contributed by atoms with Gasteiger partial charge in [0, 0.05) is 17.4 Å². The molecule has 0 amide bonds. The normalized spacial score (nSPS) is 10.1. The van der Waals surface area contributed by atoms with Gasteiger partial charge in [0.2, 0.25) is 0 Å². The number of rotatable bonds is 6. The van der Waals surface area contributed by atoms with Gasteiger partial charge in [-0.15, -0.1) is 0 Å². The number of hydrogen-bond acceptors (Lipinski definition) is 2. The fraction of sp³-hybridized carbons (Fsp3) is 0.364. The van der Waals surface area contributed by atoms with Crippen LogP contribution in [0.15, 0.2) is 22.7 Å². The highest BCUT2D eigenvalue weighted by Gasteiger charge is 2.01. The first kappa shape index (κ1) is 13.0. The lowest BCUT2D eigenvalue weighted by atomic mass is 10.2. The Morgan fingerprint density at radius 1 is 1.44 bits per heavy atom. The van der Waals surface area contributed by atoms with Crippen LogP contribution in [0.25, 0.3) is 0 Å².